The molecule has 4 aliphatic rings. The number of hydrogen-bond donors (Lipinski definition) is 0. The maximum Gasteiger partial charge on any atom is 0.252 e. The molecular weight excluding hydrogens is 874 g/mol. The van der Waals surface area contributed by atoms with Crippen LogP contribution >= 0.6 is 0 Å². The Balaban J connectivity index is 1.11. The van der Waals surface area contributed by atoms with E-state index in [1.807, 2.05) is 0 Å². The van der Waals surface area contributed by atoms with E-state index in [9.17, 15) is 0 Å². The van der Waals surface area contributed by atoms with Crippen molar-refractivity contribution in [3.8, 4) is 11.1 Å². The fourth-order valence-electron chi connectivity index (χ4n) is 13.9. The first-order valence-corrected chi connectivity index (χ1v) is 26.5. The van der Waals surface area contributed by atoms with Gasteiger partial charge in [-0.3, -0.25) is 0 Å². The predicted molar refractivity (Wildman–Crippen MR) is 308 cm³/mol. The van der Waals surface area contributed by atoms with Crippen LogP contribution in [0.2, 0.25) is 0 Å². The van der Waals surface area contributed by atoms with Gasteiger partial charge in [-0.15, -0.1) is 0 Å². The lowest BCUT2D eigenvalue weighted by Gasteiger charge is -2.51. The molecule has 72 heavy (non-hydrogen) atoms. The van der Waals surface area contributed by atoms with Gasteiger partial charge in [0.05, 0.1) is 11.2 Å². The summed E-state index contributed by atoms with van der Waals surface area (Å²) in [6.45, 7) is 26.0. The molecule has 0 radical (unpaired) electrons. The van der Waals surface area contributed by atoms with Crippen molar-refractivity contribution in [1.82, 2.24) is 0 Å². The smallest absolute Gasteiger partial charge is 0.252 e. The molecule has 1 aliphatic carbocycles. The third kappa shape index (κ3) is 6.44. The average molecular weight is 940 g/mol. The molecule has 358 valence electrons. The Morgan fingerprint density at radius 3 is 1.90 bits per heavy atom. The van der Waals surface area contributed by atoms with Crippen LogP contribution in [0.5, 0.6) is 0 Å². The molecule has 8 aromatic carbocycles. The quantitative estimate of drug-likeness (QED) is 0.164. The van der Waals surface area contributed by atoms with Crippen LogP contribution in [0.4, 0.5) is 45.5 Å². The van der Waals surface area contributed by atoms with Crippen LogP contribution < -0.4 is 31.1 Å². The number of furan rings is 1. The van der Waals surface area contributed by atoms with Crippen LogP contribution in [0, 0.1) is 20.8 Å². The van der Waals surface area contributed by atoms with Gasteiger partial charge in [0.2, 0.25) is 0 Å². The number of benzene rings is 8. The highest BCUT2D eigenvalue weighted by molar-refractivity contribution is 7.00. The van der Waals surface area contributed by atoms with Crippen LogP contribution in [-0.4, -0.2) is 12.3 Å². The lowest BCUT2D eigenvalue weighted by atomic mass is 9.33. The number of hydrogen-bond acceptors (Lipinski definition) is 4. The van der Waals surface area contributed by atoms with E-state index in [2.05, 4.69) is 243 Å². The summed E-state index contributed by atoms with van der Waals surface area (Å²) in [5.74, 6) is 0. The lowest BCUT2D eigenvalue weighted by Crippen LogP contribution is -2.61. The number of aryl methyl sites for hydroxylation is 3. The molecule has 0 bridgehead atoms. The van der Waals surface area contributed by atoms with Crippen LogP contribution in [0.1, 0.15) is 114 Å². The molecule has 9 aromatic rings. The summed E-state index contributed by atoms with van der Waals surface area (Å²) in [5.41, 5.74) is 26.0. The predicted octanol–water partition coefficient (Wildman–Crippen LogP) is 16.6. The zero-order valence-electron chi connectivity index (χ0n) is 44.1. The summed E-state index contributed by atoms with van der Waals surface area (Å²) in [6.07, 6.45) is 4.83. The van der Waals surface area contributed by atoms with Gasteiger partial charge in [0, 0.05) is 67.6 Å². The second kappa shape index (κ2) is 15.5. The Bertz CT molecular complexity index is 3720. The maximum absolute atomic E-state index is 6.72. The van der Waals surface area contributed by atoms with Crippen molar-refractivity contribution in [2.24, 2.45) is 0 Å². The van der Waals surface area contributed by atoms with Gasteiger partial charge < -0.3 is 19.1 Å². The Labute approximate surface area is 427 Å². The van der Waals surface area contributed by atoms with E-state index < -0.39 is 0 Å². The normalized spacial score (nSPS) is 19.1. The fraction of sp³-hybridized carbons (Fsp3) is 0.284. The third-order valence-corrected chi connectivity index (χ3v) is 17.7. The zero-order valence-corrected chi connectivity index (χ0v) is 44.1. The second-order valence-electron chi connectivity index (χ2n) is 24.3. The van der Waals surface area contributed by atoms with Crippen molar-refractivity contribution in [1.29, 1.82) is 0 Å². The summed E-state index contributed by atoms with van der Waals surface area (Å²) < 4.78 is 6.72. The molecule has 2 unspecified atom stereocenters. The highest BCUT2D eigenvalue weighted by Crippen LogP contribution is 2.62. The van der Waals surface area contributed by atoms with E-state index in [-0.39, 0.29) is 28.5 Å². The number of fused-ring (bicyclic) bond motifs is 10. The lowest BCUT2D eigenvalue weighted by molar-refractivity contribution is 0.194. The molecule has 4 heterocycles. The molecule has 1 fully saturated rings. The topological polar surface area (TPSA) is 22.9 Å². The van der Waals surface area contributed by atoms with E-state index in [4.69, 9.17) is 4.42 Å². The Kier molecular flexibility index (Phi) is 9.68. The van der Waals surface area contributed by atoms with E-state index in [0.717, 1.165) is 34.0 Å². The van der Waals surface area contributed by atoms with E-state index in [1.165, 1.54) is 120 Å². The number of nitrogens with zero attached hydrogens (tertiary/aromatic N) is 3. The van der Waals surface area contributed by atoms with Crippen molar-refractivity contribution in [2.75, 3.05) is 14.7 Å². The van der Waals surface area contributed by atoms with Gasteiger partial charge in [-0.25, -0.2) is 0 Å². The monoisotopic (exact) mass is 940 g/mol. The molecule has 1 saturated carbocycles. The minimum atomic E-state index is -0.0900. The molecule has 0 saturated heterocycles. The van der Waals surface area contributed by atoms with E-state index >= 15 is 0 Å². The minimum absolute atomic E-state index is 0.0249. The summed E-state index contributed by atoms with van der Waals surface area (Å²) in [7, 11) is 0. The van der Waals surface area contributed by atoms with E-state index in [1.54, 1.807) is 0 Å². The Hall–Kier alpha value is -6.98. The SMILES string of the molecule is Cc1cc2c3c(c1)N(c1ccc(C(C)(C)C)cc1-c1ccccc1)c1ccc(C(C)(C)C)cc1B3c1ccc(N3c4cc(C)cc(C)c4C4(C)CCCCC34C)cc1N2c1ccc2c(c1)oc1ccccc12. The van der Waals surface area contributed by atoms with Gasteiger partial charge >= 0.3 is 0 Å². The maximum atomic E-state index is 6.72. The zero-order chi connectivity index (χ0) is 49.8. The van der Waals surface area contributed by atoms with Crippen molar-refractivity contribution in [2.45, 2.75) is 124 Å². The van der Waals surface area contributed by atoms with Gasteiger partial charge in [-0.05, 0) is 173 Å². The first-order valence-electron chi connectivity index (χ1n) is 26.5. The highest BCUT2D eigenvalue weighted by atomic mass is 16.3. The standard InChI is InChI=1S/C67H66BN3O/c1-41-33-43(3)62-57(34-41)71(67(11)32-18-17-31-66(62,67)10)48-26-28-52-56(39-48)69(47-25-27-50-49-21-15-16-22-60(49)72-61(50)40-47)58-35-42(2)36-59-63(58)68(52)53-38-46(65(7,8)9)24-30-55(53)70(59)54-29-23-45(64(4,5)6)37-51(54)44-19-13-12-14-20-44/h12-16,19-30,33-40H,17-18,31-32H2,1-11H3. The van der Waals surface area contributed by atoms with Crippen molar-refractivity contribution >= 4 is 90.5 Å². The summed E-state index contributed by atoms with van der Waals surface area (Å²) >= 11 is 0. The number of anilines is 8. The summed E-state index contributed by atoms with van der Waals surface area (Å²) in [5, 5.41) is 2.28. The van der Waals surface area contributed by atoms with Gasteiger partial charge in [0.15, 0.2) is 0 Å². The minimum Gasteiger partial charge on any atom is -0.456 e. The van der Waals surface area contributed by atoms with Crippen LogP contribution in [0.25, 0.3) is 33.1 Å². The highest BCUT2D eigenvalue weighted by Gasteiger charge is 2.58. The number of rotatable bonds is 4. The first kappa shape index (κ1) is 44.9. The first-order chi connectivity index (χ1) is 34.4. The van der Waals surface area contributed by atoms with Crippen molar-refractivity contribution in [3.05, 3.63) is 185 Å². The molecule has 2 atom stereocenters. The van der Waals surface area contributed by atoms with Crippen molar-refractivity contribution < 1.29 is 4.42 Å². The van der Waals surface area contributed by atoms with Crippen LogP contribution in [0.3, 0.4) is 0 Å². The molecule has 5 heteroatoms. The van der Waals surface area contributed by atoms with Crippen LogP contribution in [0.15, 0.2) is 156 Å². The van der Waals surface area contributed by atoms with Crippen LogP contribution in [-0.2, 0) is 16.2 Å². The molecule has 3 aliphatic heterocycles. The third-order valence-electron chi connectivity index (χ3n) is 17.7. The molecular formula is C67H66BN3O. The molecule has 0 N–H and O–H groups in total. The Morgan fingerprint density at radius 2 is 1.14 bits per heavy atom. The molecule has 1 aromatic heterocycles. The summed E-state index contributed by atoms with van der Waals surface area (Å²) in [6, 6.07) is 58.3. The van der Waals surface area contributed by atoms with Gasteiger partial charge in [0.1, 0.15) is 11.2 Å². The summed E-state index contributed by atoms with van der Waals surface area (Å²) in [4.78, 5) is 7.97. The van der Waals surface area contributed by atoms with E-state index in [0.29, 0.717) is 0 Å². The van der Waals surface area contributed by atoms with Gasteiger partial charge in [0.25, 0.3) is 6.71 Å². The number of para-hydroxylation sites is 1. The van der Waals surface area contributed by atoms with Crippen molar-refractivity contribution in [3.63, 3.8) is 0 Å². The largest absolute Gasteiger partial charge is 0.456 e. The van der Waals surface area contributed by atoms with Gasteiger partial charge in [-0.1, -0.05) is 140 Å². The Morgan fingerprint density at radius 1 is 0.500 bits per heavy atom. The molecule has 13 rings (SSSR count). The second-order valence-corrected chi connectivity index (χ2v) is 24.3. The fourth-order valence-corrected chi connectivity index (χ4v) is 13.9. The molecule has 4 nitrogen and oxygen atoms in total. The van der Waals surface area contributed by atoms with Gasteiger partial charge in [-0.2, -0.15) is 0 Å². The molecule has 0 spiro atoms. The molecule has 0 amide bonds. The average Bonchev–Trinajstić information content (AvgIpc) is 3.82.